The zero-order valence-electron chi connectivity index (χ0n) is 7.63. The van der Waals surface area contributed by atoms with Crippen LogP contribution in [0, 0.1) is 0 Å². The molecular formula is C7H15N3O3. The van der Waals surface area contributed by atoms with E-state index in [0.717, 1.165) is 6.42 Å². The minimum absolute atomic E-state index is 0.118. The lowest BCUT2D eigenvalue weighted by Crippen LogP contribution is -2.35. The molecule has 2 amide bonds. The van der Waals surface area contributed by atoms with Crippen molar-refractivity contribution < 1.29 is 14.3 Å². The summed E-state index contributed by atoms with van der Waals surface area (Å²) in [6, 6.07) is 0. The molecule has 0 aliphatic rings. The molecule has 0 spiro atoms. The third-order valence-electron chi connectivity index (χ3n) is 1.20. The lowest BCUT2D eigenvalue weighted by atomic mass is 10.5. The van der Waals surface area contributed by atoms with E-state index in [2.05, 4.69) is 5.32 Å². The summed E-state index contributed by atoms with van der Waals surface area (Å²) in [5.74, 6) is 4.10. The van der Waals surface area contributed by atoms with Gasteiger partial charge in [-0.25, -0.2) is 5.84 Å². The third kappa shape index (κ3) is 7.23. The standard InChI is InChI=1S/C7H15N3O3/c1-2-3-9-6(11)4-13-5-7(12)10-8/h2-5,8H2,1H3,(H,9,11)(H,10,12). The fraction of sp³-hybridized carbons (Fsp3) is 0.714. The highest BCUT2D eigenvalue weighted by atomic mass is 16.5. The van der Waals surface area contributed by atoms with Crippen molar-refractivity contribution in [3.63, 3.8) is 0 Å². The number of hydrogen-bond donors (Lipinski definition) is 3. The van der Waals surface area contributed by atoms with Crippen LogP contribution in [0.4, 0.5) is 0 Å². The fourth-order valence-corrected chi connectivity index (χ4v) is 0.594. The maximum absolute atomic E-state index is 10.9. The number of nitrogens with two attached hydrogens (primary N) is 1. The van der Waals surface area contributed by atoms with E-state index >= 15 is 0 Å². The topological polar surface area (TPSA) is 93.4 Å². The van der Waals surface area contributed by atoms with E-state index in [1.807, 2.05) is 12.3 Å². The van der Waals surface area contributed by atoms with Crippen molar-refractivity contribution in [3.05, 3.63) is 0 Å². The first-order valence-electron chi connectivity index (χ1n) is 4.04. The average Bonchev–Trinajstić information content (AvgIpc) is 2.14. The largest absolute Gasteiger partial charge is 0.362 e. The van der Waals surface area contributed by atoms with E-state index in [-0.39, 0.29) is 19.1 Å². The predicted molar refractivity (Wildman–Crippen MR) is 46.4 cm³/mol. The van der Waals surface area contributed by atoms with E-state index in [0.29, 0.717) is 6.54 Å². The van der Waals surface area contributed by atoms with Crippen molar-refractivity contribution in [3.8, 4) is 0 Å². The van der Waals surface area contributed by atoms with Gasteiger partial charge < -0.3 is 10.1 Å². The van der Waals surface area contributed by atoms with E-state index in [9.17, 15) is 9.59 Å². The molecule has 0 heterocycles. The van der Waals surface area contributed by atoms with Crippen molar-refractivity contribution in [1.82, 2.24) is 10.7 Å². The van der Waals surface area contributed by atoms with Gasteiger partial charge >= 0.3 is 0 Å². The lowest BCUT2D eigenvalue weighted by molar-refractivity contribution is -0.130. The number of hydrazine groups is 1. The Labute approximate surface area is 76.8 Å². The van der Waals surface area contributed by atoms with Crippen LogP contribution < -0.4 is 16.6 Å². The summed E-state index contributed by atoms with van der Waals surface area (Å²) in [7, 11) is 0. The number of hydrogen-bond acceptors (Lipinski definition) is 4. The van der Waals surface area contributed by atoms with Crippen molar-refractivity contribution in [1.29, 1.82) is 0 Å². The first-order chi connectivity index (χ1) is 6.20. The number of ether oxygens (including phenoxy) is 1. The van der Waals surface area contributed by atoms with Crippen LogP contribution in [0.1, 0.15) is 13.3 Å². The third-order valence-corrected chi connectivity index (χ3v) is 1.20. The molecule has 0 aromatic carbocycles. The van der Waals surface area contributed by atoms with Crippen LogP contribution in [0.3, 0.4) is 0 Å². The van der Waals surface area contributed by atoms with Gasteiger partial charge in [-0.2, -0.15) is 0 Å². The van der Waals surface area contributed by atoms with E-state index < -0.39 is 5.91 Å². The summed E-state index contributed by atoms with van der Waals surface area (Å²) in [6.07, 6.45) is 0.870. The second kappa shape index (κ2) is 7.51. The fourth-order valence-electron chi connectivity index (χ4n) is 0.594. The second-order valence-corrected chi connectivity index (χ2v) is 2.41. The molecule has 0 saturated carbocycles. The molecule has 4 N–H and O–H groups in total. The maximum Gasteiger partial charge on any atom is 0.259 e. The summed E-state index contributed by atoms with van der Waals surface area (Å²) < 4.78 is 4.74. The Morgan fingerprint density at radius 2 is 1.92 bits per heavy atom. The molecule has 6 heteroatoms. The number of nitrogens with one attached hydrogen (secondary N) is 2. The van der Waals surface area contributed by atoms with Gasteiger partial charge in [-0.15, -0.1) is 0 Å². The molecule has 0 saturated heterocycles. The average molecular weight is 189 g/mol. The summed E-state index contributed by atoms with van der Waals surface area (Å²) in [6.45, 7) is 2.25. The quantitative estimate of drug-likeness (QED) is 0.270. The molecule has 0 atom stereocenters. The minimum atomic E-state index is -0.455. The summed E-state index contributed by atoms with van der Waals surface area (Å²) >= 11 is 0. The number of rotatable bonds is 6. The van der Waals surface area contributed by atoms with E-state index in [1.54, 1.807) is 0 Å². The van der Waals surface area contributed by atoms with Gasteiger partial charge in [0.2, 0.25) is 5.91 Å². The van der Waals surface area contributed by atoms with Crippen LogP contribution in [0.25, 0.3) is 0 Å². The van der Waals surface area contributed by atoms with Gasteiger partial charge in [-0.1, -0.05) is 6.92 Å². The van der Waals surface area contributed by atoms with Crippen molar-refractivity contribution in [2.45, 2.75) is 13.3 Å². The van der Waals surface area contributed by atoms with Gasteiger partial charge in [0.05, 0.1) is 0 Å². The van der Waals surface area contributed by atoms with Crippen molar-refractivity contribution in [2.75, 3.05) is 19.8 Å². The molecule has 6 nitrogen and oxygen atoms in total. The first kappa shape index (κ1) is 11.9. The maximum atomic E-state index is 10.9. The zero-order chi connectivity index (χ0) is 10.1. The van der Waals surface area contributed by atoms with Crippen molar-refractivity contribution >= 4 is 11.8 Å². The smallest absolute Gasteiger partial charge is 0.259 e. The van der Waals surface area contributed by atoms with Crippen molar-refractivity contribution in [2.24, 2.45) is 5.84 Å². The SMILES string of the molecule is CCCNC(=O)COCC(=O)NN. The highest BCUT2D eigenvalue weighted by Crippen LogP contribution is 1.76. The van der Waals surface area contributed by atoms with Crippen LogP contribution in [-0.2, 0) is 14.3 Å². The molecule has 76 valence electrons. The molecule has 0 aromatic rings. The van der Waals surface area contributed by atoms with Crippen LogP contribution in [-0.4, -0.2) is 31.6 Å². The van der Waals surface area contributed by atoms with Crippen LogP contribution in [0.15, 0.2) is 0 Å². The summed E-state index contributed by atoms with van der Waals surface area (Å²) in [5, 5.41) is 2.60. The molecule has 0 rings (SSSR count). The Morgan fingerprint density at radius 3 is 2.46 bits per heavy atom. The second-order valence-electron chi connectivity index (χ2n) is 2.41. The Kier molecular flexibility index (Phi) is 6.85. The number of carbonyl (C=O) groups is 2. The molecule has 0 fully saturated rings. The summed E-state index contributed by atoms with van der Waals surface area (Å²) in [4.78, 5) is 21.4. The van der Waals surface area contributed by atoms with Gasteiger partial charge in [-0.05, 0) is 6.42 Å². The Bertz CT molecular complexity index is 172. The van der Waals surface area contributed by atoms with Crippen LogP contribution in [0.5, 0.6) is 0 Å². The van der Waals surface area contributed by atoms with E-state index in [1.165, 1.54) is 0 Å². The Hall–Kier alpha value is -1.14. The lowest BCUT2D eigenvalue weighted by Gasteiger charge is -2.03. The Balaban J connectivity index is 3.31. The molecule has 0 aliphatic heterocycles. The monoisotopic (exact) mass is 189 g/mol. The normalized spacial score (nSPS) is 9.38. The molecular weight excluding hydrogens is 174 g/mol. The summed E-state index contributed by atoms with van der Waals surface area (Å²) in [5.41, 5.74) is 1.89. The predicted octanol–water partition coefficient (Wildman–Crippen LogP) is -1.48. The van der Waals surface area contributed by atoms with Crippen LogP contribution in [0.2, 0.25) is 0 Å². The van der Waals surface area contributed by atoms with Crippen LogP contribution >= 0.6 is 0 Å². The highest BCUT2D eigenvalue weighted by Gasteiger charge is 2.02. The van der Waals surface area contributed by atoms with Gasteiger partial charge in [0.15, 0.2) is 0 Å². The number of carbonyl (C=O) groups excluding carboxylic acids is 2. The minimum Gasteiger partial charge on any atom is -0.362 e. The molecule has 0 unspecified atom stereocenters. The Morgan fingerprint density at radius 1 is 1.31 bits per heavy atom. The molecule has 0 aromatic heterocycles. The first-order valence-corrected chi connectivity index (χ1v) is 4.04. The van der Waals surface area contributed by atoms with Gasteiger partial charge in [0, 0.05) is 6.54 Å². The highest BCUT2D eigenvalue weighted by molar-refractivity contribution is 5.79. The molecule has 0 radical (unpaired) electrons. The van der Waals surface area contributed by atoms with Gasteiger partial charge in [-0.3, -0.25) is 15.0 Å². The number of amides is 2. The molecule has 0 bridgehead atoms. The van der Waals surface area contributed by atoms with E-state index in [4.69, 9.17) is 10.6 Å². The van der Waals surface area contributed by atoms with Gasteiger partial charge in [0.25, 0.3) is 5.91 Å². The molecule has 0 aliphatic carbocycles. The van der Waals surface area contributed by atoms with Gasteiger partial charge in [0.1, 0.15) is 13.2 Å². The molecule has 13 heavy (non-hydrogen) atoms. The zero-order valence-corrected chi connectivity index (χ0v) is 7.63.